The molecule has 0 aromatic carbocycles. The van der Waals surface area contributed by atoms with Crippen molar-refractivity contribution in [2.45, 2.75) is 25.7 Å². The van der Waals surface area contributed by atoms with E-state index < -0.39 is 0 Å². The van der Waals surface area contributed by atoms with E-state index in [4.69, 9.17) is 10.5 Å². The molecule has 15 heavy (non-hydrogen) atoms. The summed E-state index contributed by atoms with van der Waals surface area (Å²) >= 11 is 0. The Kier molecular flexibility index (Phi) is 3.26. The molecule has 0 atom stereocenters. The molecule has 2 N–H and O–H groups in total. The normalized spacial score (nSPS) is 25.5. The van der Waals surface area contributed by atoms with E-state index in [0.717, 1.165) is 38.8 Å². The number of carbonyl (C=O) groups is 1. The SMILES string of the molecule is NCC1(C(=O)N2CCCC2)CCOCC1. The van der Waals surface area contributed by atoms with Gasteiger partial charge < -0.3 is 15.4 Å². The van der Waals surface area contributed by atoms with Crippen molar-refractivity contribution in [3.8, 4) is 0 Å². The highest BCUT2D eigenvalue weighted by Gasteiger charge is 2.41. The first kappa shape index (κ1) is 10.9. The van der Waals surface area contributed by atoms with Gasteiger partial charge in [-0.05, 0) is 25.7 Å². The van der Waals surface area contributed by atoms with Crippen molar-refractivity contribution in [3.63, 3.8) is 0 Å². The van der Waals surface area contributed by atoms with E-state index in [2.05, 4.69) is 0 Å². The van der Waals surface area contributed by atoms with Gasteiger partial charge in [-0.1, -0.05) is 0 Å². The Morgan fingerprint density at radius 2 is 1.87 bits per heavy atom. The lowest BCUT2D eigenvalue weighted by atomic mass is 9.79. The maximum atomic E-state index is 12.3. The molecule has 2 aliphatic heterocycles. The lowest BCUT2D eigenvalue weighted by Gasteiger charge is -2.37. The van der Waals surface area contributed by atoms with Crippen LogP contribution in [0.5, 0.6) is 0 Å². The van der Waals surface area contributed by atoms with Crippen LogP contribution < -0.4 is 5.73 Å². The highest BCUT2D eigenvalue weighted by Crippen LogP contribution is 2.32. The molecular formula is C11H20N2O2. The fourth-order valence-corrected chi connectivity index (χ4v) is 2.52. The molecule has 0 unspecified atom stereocenters. The summed E-state index contributed by atoms with van der Waals surface area (Å²) in [6, 6.07) is 0. The predicted molar refractivity (Wildman–Crippen MR) is 57.4 cm³/mol. The number of ether oxygens (including phenoxy) is 1. The molecule has 0 aliphatic carbocycles. The molecule has 0 radical (unpaired) electrons. The summed E-state index contributed by atoms with van der Waals surface area (Å²) in [5, 5.41) is 0. The van der Waals surface area contributed by atoms with Crippen molar-refractivity contribution in [1.82, 2.24) is 4.90 Å². The summed E-state index contributed by atoms with van der Waals surface area (Å²) < 4.78 is 5.31. The van der Waals surface area contributed by atoms with Gasteiger partial charge in [0.2, 0.25) is 5.91 Å². The largest absolute Gasteiger partial charge is 0.381 e. The first-order chi connectivity index (χ1) is 7.28. The first-order valence-corrected chi connectivity index (χ1v) is 5.86. The van der Waals surface area contributed by atoms with Gasteiger partial charge in [0.1, 0.15) is 0 Å². The smallest absolute Gasteiger partial charge is 0.230 e. The fourth-order valence-electron chi connectivity index (χ4n) is 2.52. The molecule has 2 fully saturated rings. The molecule has 1 amide bonds. The topological polar surface area (TPSA) is 55.6 Å². The summed E-state index contributed by atoms with van der Waals surface area (Å²) in [6.45, 7) is 3.65. The van der Waals surface area contributed by atoms with Crippen LogP contribution in [0.3, 0.4) is 0 Å². The molecule has 4 heteroatoms. The third-order valence-electron chi connectivity index (χ3n) is 3.69. The van der Waals surface area contributed by atoms with Crippen LogP contribution >= 0.6 is 0 Å². The number of likely N-dealkylation sites (tertiary alicyclic amines) is 1. The van der Waals surface area contributed by atoms with E-state index in [1.807, 2.05) is 4.90 Å². The quantitative estimate of drug-likeness (QED) is 0.719. The van der Waals surface area contributed by atoms with Gasteiger partial charge in [-0.3, -0.25) is 4.79 Å². The van der Waals surface area contributed by atoms with Gasteiger partial charge in [-0.25, -0.2) is 0 Å². The minimum atomic E-state index is -0.317. The van der Waals surface area contributed by atoms with Crippen molar-refractivity contribution in [2.75, 3.05) is 32.8 Å². The van der Waals surface area contributed by atoms with E-state index in [-0.39, 0.29) is 11.3 Å². The molecule has 86 valence electrons. The van der Waals surface area contributed by atoms with Crippen LogP contribution in [0.1, 0.15) is 25.7 Å². The second kappa shape index (κ2) is 4.49. The van der Waals surface area contributed by atoms with Crippen molar-refractivity contribution < 1.29 is 9.53 Å². The van der Waals surface area contributed by atoms with E-state index in [1.54, 1.807) is 0 Å². The molecule has 2 saturated heterocycles. The number of carbonyl (C=O) groups excluding carboxylic acids is 1. The van der Waals surface area contributed by atoms with E-state index in [1.165, 1.54) is 0 Å². The Labute approximate surface area is 90.8 Å². The Balaban J connectivity index is 2.06. The summed E-state index contributed by atoms with van der Waals surface area (Å²) in [4.78, 5) is 14.3. The second-order valence-electron chi connectivity index (χ2n) is 4.60. The molecular weight excluding hydrogens is 192 g/mol. The summed E-state index contributed by atoms with van der Waals surface area (Å²) in [5.41, 5.74) is 5.49. The molecule has 4 nitrogen and oxygen atoms in total. The van der Waals surface area contributed by atoms with Crippen LogP contribution in [0.2, 0.25) is 0 Å². The molecule has 0 bridgehead atoms. The van der Waals surface area contributed by atoms with Gasteiger partial charge in [0.25, 0.3) is 0 Å². The average Bonchev–Trinajstić information content (AvgIpc) is 2.82. The highest BCUT2D eigenvalue weighted by atomic mass is 16.5. The van der Waals surface area contributed by atoms with Crippen LogP contribution in [0.25, 0.3) is 0 Å². The molecule has 0 aromatic rings. The standard InChI is InChI=1S/C11H20N2O2/c12-9-11(3-7-15-8-4-11)10(14)13-5-1-2-6-13/h1-9,12H2. The zero-order valence-corrected chi connectivity index (χ0v) is 9.21. The number of rotatable bonds is 2. The molecule has 2 aliphatic rings. The highest BCUT2D eigenvalue weighted by molar-refractivity contribution is 5.83. The number of amides is 1. The van der Waals surface area contributed by atoms with E-state index in [9.17, 15) is 4.79 Å². The average molecular weight is 212 g/mol. The minimum Gasteiger partial charge on any atom is -0.381 e. The van der Waals surface area contributed by atoms with Crippen molar-refractivity contribution in [2.24, 2.45) is 11.1 Å². The first-order valence-electron chi connectivity index (χ1n) is 5.86. The minimum absolute atomic E-state index is 0.269. The van der Waals surface area contributed by atoms with Crippen molar-refractivity contribution >= 4 is 5.91 Å². The molecule has 2 heterocycles. The number of hydrogen-bond acceptors (Lipinski definition) is 3. The molecule has 0 saturated carbocycles. The third-order valence-corrected chi connectivity index (χ3v) is 3.69. The van der Waals surface area contributed by atoms with Gasteiger partial charge in [-0.15, -0.1) is 0 Å². The van der Waals surface area contributed by atoms with Crippen molar-refractivity contribution in [1.29, 1.82) is 0 Å². The fraction of sp³-hybridized carbons (Fsp3) is 0.909. The zero-order chi connectivity index (χ0) is 10.7. The Morgan fingerprint density at radius 1 is 1.27 bits per heavy atom. The third kappa shape index (κ3) is 2.01. The zero-order valence-electron chi connectivity index (χ0n) is 9.21. The summed E-state index contributed by atoms with van der Waals surface area (Å²) in [7, 11) is 0. The van der Waals surface area contributed by atoms with Gasteiger partial charge in [0.05, 0.1) is 5.41 Å². The van der Waals surface area contributed by atoms with Crippen LogP contribution in [-0.2, 0) is 9.53 Å². The Hall–Kier alpha value is -0.610. The molecule has 0 spiro atoms. The van der Waals surface area contributed by atoms with Gasteiger partial charge in [-0.2, -0.15) is 0 Å². The number of hydrogen-bond donors (Lipinski definition) is 1. The van der Waals surface area contributed by atoms with Gasteiger partial charge >= 0.3 is 0 Å². The van der Waals surface area contributed by atoms with Gasteiger partial charge in [0, 0.05) is 32.8 Å². The van der Waals surface area contributed by atoms with Gasteiger partial charge in [0.15, 0.2) is 0 Å². The molecule has 2 rings (SSSR count). The van der Waals surface area contributed by atoms with Crippen LogP contribution in [0, 0.1) is 5.41 Å². The Morgan fingerprint density at radius 3 is 2.40 bits per heavy atom. The Bertz CT molecular complexity index is 231. The molecule has 0 aromatic heterocycles. The second-order valence-corrected chi connectivity index (χ2v) is 4.60. The maximum absolute atomic E-state index is 12.3. The number of nitrogens with zero attached hydrogens (tertiary/aromatic N) is 1. The lowest BCUT2D eigenvalue weighted by Crippen LogP contribution is -2.50. The predicted octanol–water partition coefficient (Wildman–Crippen LogP) is 0.364. The maximum Gasteiger partial charge on any atom is 0.230 e. The lowest BCUT2D eigenvalue weighted by molar-refractivity contribution is -0.146. The van der Waals surface area contributed by atoms with Crippen LogP contribution in [0.15, 0.2) is 0 Å². The van der Waals surface area contributed by atoms with E-state index in [0.29, 0.717) is 19.8 Å². The monoisotopic (exact) mass is 212 g/mol. The summed E-state index contributed by atoms with van der Waals surface area (Å²) in [5.74, 6) is 0.269. The van der Waals surface area contributed by atoms with Crippen molar-refractivity contribution in [3.05, 3.63) is 0 Å². The summed E-state index contributed by atoms with van der Waals surface area (Å²) in [6.07, 6.45) is 3.86. The van der Waals surface area contributed by atoms with E-state index >= 15 is 0 Å². The van der Waals surface area contributed by atoms with Crippen LogP contribution in [-0.4, -0.2) is 43.7 Å². The number of nitrogens with two attached hydrogens (primary N) is 1. The van der Waals surface area contributed by atoms with Crippen LogP contribution in [0.4, 0.5) is 0 Å².